The third-order valence-corrected chi connectivity index (χ3v) is 4.06. The maximum absolute atomic E-state index is 13.2. The Kier molecular flexibility index (Phi) is 5.94. The van der Waals surface area contributed by atoms with Crippen molar-refractivity contribution in [3.8, 4) is 0 Å². The Morgan fingerprint density at radius 1 is 1.37 bits per heavy atom. The predicted octanol–water partition coefficient (Wildman–Crippen LogP) is 2.97. The highest BCUT2D eigenvalue weighted by molar-refractivity contribution is 9.10. The number of halogens is 2. The number of benzene rings is 1. The summed E-state index contributed by atoms with van der Waals surface area (Å²) in [6, 6.07) is 4.58. The second kappa shape index (κ2) is 7.01. The Bertz CT molecular complexity index is 419. The number of rotatable bonds is 6. The molecule has 3 N–H and O–H groups in total. The average molecular weight is 331 g/mol. The molecule has 0 spiro atoms. The molecule has 5 heteroatoms. The molecule has 1 amide bonds. The Hall–Kier alpha value is -0.940. The second-order valence-electron chi connectivity index (χ2n) is 4.65. The zero-order valence-corrected chi connectivity index (χ0v) is 12.9. The average Bonchev–Trinajstić information content (AvgIpc) is 2.38. The SMILES string of the molecule is CCC(CC)(CN)C(=O)NCc1cc(F)cc(Br)c1. The zero-order chi connectivity index (χ0) is 14.5. The molecule has 0 aliphatic heterocycles. The number of hydrogen-bond donors (Lipinski definition) is 2. The van der Waals surface area contributed by atoms with Gasteiger partial charge in [-0.15, -0.1) is 0 Å². The molecule has 1 rings (SSSR count). The summed E-state index contributed by atoms with van der Waals surface area (Å²) in [6.45, 7) is 4.53. The van der Waals surface area contributed by atoms with Crippen molar-refractivity contribution in [3.05, 3.63) is 34.1 Å². The summed E-state index contributed by atoms with van der Waals surface area (Å²) in [5.74, 6) is -0.393. The van der Waals surface area contributed by atoms with Crippen LogP contribution in [-0.4, -0.2) is 12.5 Å². The van der Waals surface area contributed by atoms with Crippen LogP contribution >= 0.6 is 15.9 Å². The normalized spacial score (nSPS) is 11.4. The minimum Gasteiger partial charge on any atom is -0.352 e. The van der Waals surface area contributed by atoms with Crippen LogP contribution in [-0.2, 0) is 11.3 Å². The topological polar surface area (TPSA) is 55.1 Å². The van der Waals surface area contributed by atoms with Crippen molar-refractivity contribution in [2.45, 2.75) is 33.2 Å². The van der Waals surface area contributed by atoms with Gasteiger partial charge in [-0.05, 0) is 36.6 Å². The molecule has 106 valence electrons. The molecular formula is C14H20BrFN2O. The van der Waals surface area contributed by atoms with Crippen molar-refractivity contribution in [1.82, 2.24) is 5.32 Å². The lowest BCUT2D eigenvalue weighted by Gasteiger charge is -2.28. The van der Waals surface area contributed by atoms with Crippen LogP contribution in [0.3, 0.4) is 0 Å². The van der Waals surface area contributed by atoms with E-state index in [0.29, 0.717) is 30.4 Å². The van der Waals surface area contributed by atoms with Crippen molar-refractivity contribution in [2.75, 3.05) is 6.54 Å². The van der Waals surface area contributed by atoms with Gasteiger partial charge >= 0.3 is 0 Å². The van der Waals surface area contributed by atoms with E-state index in [1.807, 2.05) is 13.8 Å². The maximum Gasteiger partial charge on any atom is 0.227 e. The molecule has 0 aromatic heterocycles. The van der Waals surface area contributed by atoms with E-state index in [-0.39, 0.29) is 11.7 Å². The van der Waals surface area contributed by atoms with Gasteiger partial charge in [0.2, 0.25) is 5.91 Å². The minimum atomic E-state index is -0.523. The quantitative estimate of drug-likeness (QED) is 0.842. The lowest BCUT2D eigenvalue weighted by Crippen LogP contribution is -2.45. The van der Waals surface area contributed by atoms with Crippen molar-refractivity contribution in [3.63, 3.8) is 0 Å². The Morgan fingerprint density at radius 3 is 2.47 bits per heavy atom. The number of hydrogen-bond acceptors (Lipinski definition) is 2. The maximum atomic E-state index is 13.2. The van der Waals surface area contributed by atoms with Gasteiger partial charge in [0.1, 0.15) is 5.82 Å². The largest absolute Gasteiger partial charge is 0.352 e. The Morgan fingerprint density at radius 2 is 2.00 bits per heavy atom. The van der Waals surface area contributed by atoms with Crippen LogP contribution in [0.4, 0.5) is 4.39 Å². The molecule has 0 unspecified atom stereocenters. The molecule has 0 bridgehead atoms. The second-order valence-corrected chi connectivity index (χ2v) is 5.57. The summed E-state index contributed by atoms with van der Waals surface area (Å²) in [7, 11) is 0. The molecule has 3 nitrogen and oxygen atoms in total. The van der Waals surface area contributed by atoms with Crippen LogP contribution < -0.4 is 11.1 Å². The van der Waals surface area contributed by atoms with E-state index in [1.54, 1.807) is 6.07 Å². The van der Waals surface area contributed by atoms with Crippen LogP contribution in [0.2, 0.25) is 0 Å². The van der Waals surface area contributed by atoms with Gasteiger partial charge in [0.05, 0.1) is 5.41 Å². The first-order valence-corrected chi connectivity index (χ1v) is 7.20. The van der Waals surface area contributed by atoms with Gasteiger partial charge in [0, 0.05) is 17.6 Å². The predicted molar refractivity (Wildman–Crippen MR) is 78.0 cm³/mol. The molecule has 0 heterocycles. The van der Waals surface area contributed by atoms with E-state index < -0.39 is 5.41 Å². The van der Waals surface area contributed by atoms with Crippen molar-refractivity contribution >= 4 is 21.8 Å². The number of carbonyl (C=O) groups excluding carboxylic acids is 1. The first-order chi connectivity index (χ1) is 8.97. The standard InChI is InChI=1S/C14H20BrFN2O/c1-3-14(4-2,9-17)13(19)18-8-10-5-11(15)7-12(16)6-10/h5-7H,3-4,8-9,17H2,1-2H3,(H,18,19). The fraction of sp³-hybridized carbons (Fsp3) is 0.500. The van der Waals surface area contributed by atoms with Crippen molar-refractivity contribution < 1.29 is 9.18 Å². The van der Waals surface area contributed by atoms with Gasteiger partial charge in [-0.25, -0.2) is 4.39 Å². The van der Waals surface area contributed by atoms with Crippen LogP contribution in [0, 0.1) is 11.2 Å². The third kappa shape index (κ3) is 4.01. The van der Waals surface area contributed by atoms with E-state index in [2.05, 4.69) is 21.2 Å². The van der Waals surface area contributed by atoms with Gasteiger partial charge in [-0.2, -0.15) is 0 Å². The lowest BCUT2D eigenvalue weighted by atomic mass is 9.81. The molecule has 1 aromatic rings. The summed E-state index contributed by atoms with van der Waals surface area (Å²) < 4.78 is 13.9. The monoisotopic (exact) mass is 330 g/mol. The highest BCUT2D eigenvalue weighted by atomic mass is 79.9. The van der Waals surface area contributed by atoms with Crippen molar-refractivity contribution in [1.29, 1.82) is 0 Å². The molecule has 0 fully saturated rings. The van der Waals surface area contributed by atoms with Crippen LogP contribution in [0.15, 0.2) is 22.7 Å². The van der Waals surface area contributed by atoms with Gasteiger partial charge in [-0.1, -0.05) is 29.8 Å². The van der Waals surface area contributed by atoms with Crippen LogP contribution in [0.5, 0.6) is 0 Å². The fourth-order valence-corrected chi connectivity index (χ4v) is 2.55. The minimum absolute atomic E-state index is 0.0691. The van der Waals surface area contributed by atoms with Gasteiger partial charge in [0.25, 0.3) is 0 Å². The molecule has 0 aliphatic rings. The van der Waals surface area contributed by atoms with E-state index in [4.69, 9.17) is 5.73 Å². The number of nitrogens with two attached hydrogens (primary N) is 1. The molecule has 0 saturated heterocycles. The molecule has 0 radical (unpaired) electrons. The highest BCUT2D eigenvalue weighted by Crippen LogP contribution is 2.25. The van der Waals surface area contributed by atoms with E-state index in [1.165, 1.54) is 12.1 Å². The molecule has 0 saturated carbocycles. The molecule has 1 aromatic carbocycles. The summed E-state index contributed by atoms with van der Waals surface area (Å²) in [5, 5.41) is 2.84. The highest BCUT2D eigenvalue weighted by Gasteiger charge is 2.32. The number of nitrogens with one attached hydrogen (secondary N) is 1. The Balaban J connectivity index is 2.73. The number of amides is 1. The molecule has 19 heavy (non-hydrogen) atoms. The first kappa shape index (κ1) is 16.1. The first-order valence-electron chi connectivity index (χ1n) is 6.40. The fourth-order valence-electron chi connectivity index (χ4n) is 2.04. The molecule has 0 aliphatic carbocycles. The molecule has 0 atom stereocenters. The smallest absolute Gasteiger partial charge is 0.227 e. The van der Waals surface area contributed by atoms with Gasteiger partial charge in [0.15, 0.2) is 0 Å². The van der Waals surface area contributed by atoms with E-state index >= 15 is 0 Å². The van der Waals surface area contributed by atoms with E-state index in [0.717, 1.165) is 5.56 Å². The lowest BCUT2D eigenvalue weighted by molar-refractivity contribution is -0.131. The summed E-state index contributed by atoms with van der Waals surface area (Å²) in [4.78, 5) is 12.2. The number of carbonyl (C=O) groups is 1. The third-order valence-electron chi connectivity index (χ3n) is 3.60. The summed E-state index contributed by atoms with van der Waals surface area (Å²) in [5.41, 5.74) is 5.92. The van der Waals surface area contributed by atoms with Crippen LogP contribution in [0.25, 0.3) is 0 Å². The van der Waals surface area contributed by atoms with Crippen molar-refractivity contribution in [2.24, 2.45) is 11.1 Å². The summed E-state index contributed by atoms with van der Waals surface area (Å²) >= 11 is 3.23. The summed E-state index contributed by atoms with van der Waals surface area (Å²) in [6.07, 6.45) is 1.39. The van der Waals surface area contributed by atoms with Gasteiger partial charge < -0.3 is 11.1 Å². The van der Waals surface area contributed by atoms with Crippen LogP contribution in [0.1, 0.15) is 32.3 Å². The van der Waals surface area contributed by atoms with Gasteiger partial charge in [-0.3, -0.25) is 4.79 Å². The zero-order valence-electron chi connectivity index (χ0n) is 11.3. The Labute approximate surface area is 121 Å². The van der Waals surface area contributed by atoms with E-state index in [9.17, 15) is 9.18 Å². The molecular weight excluding hydrogens is 311 g/mol.